The molecule has 1 fully saturated rings. The van der Waals surface area contributed by atoms with E-state index in [1.807, 2.05) is 32.6 Å². The van der Waals surface area contributed by atoms with Crippen LogP contribution in [0.1, 0.15) is 34.1 Å². The van der Waals surface area contributed by atoms with Crippen molar-refractivity contribution in [2.45, 2.75) is 50.8 Å². The highest BCUT2D eigenvalue weighted by Crippen LogP contribution is 2.25. The summed E-state index contributed by atoms with van der Waals surface area (Å²) >= 11 is 5.92. The van der Waals surface area contributed by atoms with Gasteiger partial charge in [0, 0.05) is 31.9 Å². The lowest BCUT2D eigenvalue weighted by molar-refractivity contribution is 0.0212. The zero-order valence-electron chi connectivity index (χ0n) is 15.7. The second kappa shape index (κ2) is 7.56. The van der Waals surface area contributed by atoms with Gasteiger partial charge in [-0.05, 0) is 27.2 Å². The van der Waals surface area contributed by atoms with E-state index in [0.717, 1.165) is 12.7 Å². The normalized spacial score (nSPS) is 18.8. The molecule has 1 aromatic heterocycles. The molecule has 2 rings (SSSR count). The third kappa shape index (κ3) is 4.97. The molecule has 0 bridgehead atoms. The maximum absolute atomic E-state index is 12.3. The Kier molecular flexibility index (Phi) is 6.02. The number of nitrogens with zero attached hydrogens (tertiary/aromatic N) is 4. The predicted octanol–water partition coefficient (Wildman–Crippen LogP) is 2.37. The minimum Gasteiger partial charge on any atom is -0.444 e. The minimum atomic E-state index is -3.56. The van der Waals surface area contributed by atoms with Crippen LogP contribution < -0.4 is 4.90 Å². The molecule has 0 aromatic carbocycles. The van der Waals surface area contributed by atoms with Gasteiger partial charge in [-0.1, -0.05) is 18.5 Å². The lowest BCUT2D eigenvalue weighted by atomic mass is 10.1. The molecule has 26 heavy (non-hydrogen) atoms. The number of piperazine rings is 1. The topological polar surface area (TPSA) is 92.7 Å². The summed E-state index contributed by atoms with van der Waals surface area (Å²) in [6.07, 6.45) is 2.74. The van der Waals surface area contributed by atoms with Crippen LogP contribution in [0.25, 0.3) is 0 Å². The highest BCUT2D eigenvalue weighted by atomic mass is 35.5. The Labute approximate surface area is 159 Å². The quantitative estimate of drug-likeness (QED) is 0.714. The van der Waals surface area contributed by atoms with Crippen LogP contribution in [0, 0.1) is 0 Å². The first kappa shape index (κ1) is 20.7. The average molecular weight is 405 g/mol. The van der Waals surface area contributed by atoms with E-state index in [-0.39, 0.29) is 22.2 Å². The van der Waals surface area contributed by atoms with Gasteiger partial charge in [-0.15, -0.1) is 0 Å². The third-order valence-electron chi connectivity index (χ3n) is 3.91. The molecule has 0 spiro atoms. The second-order valence-corrected chi connectivity index (χ2v) is 9.62. The van der Waals surface area contributed by atoms with Crippen molar-refractivity contribution in [3.8, 4) is 0 Å². The Morgan fingerprint density at radius 1 is 1.38 bits per heavy atom. The number of halogens is 1. The number of sulfone groups is 1. The van der Waals surface area contributed by atoms with E-state index in [9.17, 15) is 13.2 Å². The maximum Gasteiger partial charge on any atom is 0.410 e. The Morgan fingerprint density at radius 2 is 2.04 bits per heavy atom. The summed E-state index contributed by atoms with van der Waals surface area (Å²) in [7, 11) is -3.56. The lowest BCUT2D eigenvalue weighted by Crippen LogP contribution is -2.56. The third-order valence-corrected chi connectivity index (χ3v) is 5.32. The molecule has 0 saturated carbocycles. The molecule has 0 radical (unpaired) electrons. The number of ether oxygens (including phenoxy) is 1. The van der Waals surface area contributed by atoms with Crippen LogP contribution in [0.3, 0.4) is 0 Å². The van der Waals surface area contributed by atoms with Gasteiger partial charge in [0.25, 0.3) is 0 Å². The number of anilines is 1. The van der Waals surface area contributed by atoms with E-state index in [0.29, 0.717) is 25.6 Å². The van der Waals surface area contributed by atoms with Crippen molar-refractivity contribution in [1.29, 1.82) is 0 Å². The van der Waals surface area contributed by atoms with E-state index in [1.54, 1.807) is 4.90 Å². The molecule has 146 valence electrons. The molecule has 1 atom stereocenters. The molecule has 1 amide bonds. The standard InChI is InChI=1S/C16H25ClN4O4S/c1-6-11-10-20(15(22)25-16(2,3)4)7-8-21(11)14-18-9-12(17)13(19-14)26(5,23)24/h9,11H,6-8,10H2,1-5H3. The van der Waals surface area contributed by atoms with Crippen LogP contribution in [0.15, 0.2) is 11.2 Å². The predicted molar refractivity (Wildman–Crippen MR) is 99.4 cm³/mol. The van der Waals surface area contributed by atoms with Crippen molar-refractivity contribution < 1.29 is 17.9 Å². The molecule has 1 aliphatic heterocycles. The van der Waals surface area contributed by atoms with Crippen LogP contribution in [0.5, 0.6) is 0 Å². The summed E-state index contributed by atoms with van der Waals surface area (Å²) in [5, 5.41) is -0.190. The van der Waals surface area contributed by atoms with Crippen molar-refractivity contribution in [2.24, 2.45) is 0 Å². The van der Waals surface area contributed by atoms with E-state index in [1.165, 1.54) is 6.20 Å². The molecule has 0 aliphatic carbocycles. The molecular formula is C16H25ClN4O4S. The average Bonchev–Trinajstić information content (AvgIpc) is 2.52. The highest BCUT2D eigenvalue weighted by molar-refractivity contribution is 7.90. The van der Waals surface area contributed by atoms with Crippen molar-refractivity contribution in [3.05, 3.63) is 11.2 Å². The minimum absolute atomic E-state index is 0.00307. The number of aromatic nitrogens is 2. The molecule has 2 heterocycles. The first-order chi connectivity index (χ1) is 11.9. The van der Waals surface area contributed by atoms with Crippen molar-refractivity contribution >= 4 is 33.5 Å². The zero-order valence-corrected chi connectivity index (χ0v) is 17.3. The largest absolute Gasteiger partial charge is 0.444 e. The number of amides is 1. The van der Waals surface area contributed by atoms with Gasteiger partial charge < -0.3 is 14.5 Å². The highest BCUT2D eigenvalue weighted by Gasteiger charge is 2.33. The van der Waals surface area contributed by atoms with Gasteiger partial charge in [-0.3, -0.25) is 0 Å². The van der Waals surface area contributed by atoms with Crippen molar-refractivity contribution in [1.82, 2.24) is 14.9 Å². The van der Waals surface area contributed by atoms with Gasteiger partial charge in [0.2, 0.25) is 5.95 Å². The summed E-state index contributed by atoms with van der Waals surface area (Å²) in [5.41, 5.74) is -0.556. The second-order valence-electron chi connectivity index (χ2n) is 7.28. The lowest BCUT2D eigenvalue weighted by Gasteiger charge is -2.41. The van der Waals surface area contributed by atoms with Crippen LogP contribution in [0.4, 0.5) is 10.7 Å². The van der Waals surface area contributed by atoms with E-state index >= 15 is 0 Å². The Balaban J connectivity index is 2.22. The van der Waals surface area contributed by atoms with E-state index < -0.39 is 15.4 Å². The van der Waals surface area contributed by atoms with Gasteiger partial charge in [-0.2, -0.15) is 4.98 Å². The first-order valence-electron chi connectivity index (χ1n) is 8.39. The molecule has 1 saturated heterocycles. The van der Waals surface area contributed by atoms with Crippen LogP contribution >= 0.6 is 11.6 Å². The van der Waals surface area contributed by atoms with Gasteiger partial charge in [0.1, 0.15) is 5.60 Å². The van der Waals surface area contributed by atoms with Gasteiger partial charge in [-0.25, -0.2) is 18.2 Å². The molecule has 10 heteroatoms. The van der Waals surface area contributed by atoms with Gasteiger partial charge in [0.15, 0.2) is 14.9 Å². The smallest absolute Gasteiger partial charge is 0.410 e. The molecule has 0 N–H and O–H groups in total. The van der Waals surface area contributed by atoms with Crippen molar-refractivity contribution in [2.75, 3.05) is 30.8 Å². The van der Waals surface area contributed by atoms with E-state index in [2.05, 4.69) is 9.97 Å². The van der Waals surface area contributed by atoms with Gasteiger partial charge >= 0.3 is 6.09 Å². The van der Waals surface area contributed by atoms with Crippen LogP contribution in [-0.4, -0.2) is 66.9 Å². The maximum atomic E-state index is 12.3. The molecule has 1 unspecified atom stereocenters. The molecule has 1 aromatic rings. The Hall–Kier alpha value is -1.61. The van der Waals surface area contributed by atoms with Crippen LogP contribution in [-0.2, 0) is 14.6 Å². The number of carbonyl (C=O) groups excluding carboxylic acids is 1. The fraction of sp³-hybridized carbons (Fsp3) is 0.688. The first-order valence-corrected chi connectivity index (χ1v) is 10.7. The summed E-state index contributed by atoms with van der Waals surface area (Å²) in [6.45, 7) is 8.83. The summed E-state index contributed by atoms with van der Waals surface area (Å²) < 4.78 is 29.1. The van der Waals surface area contributed by atoms with Crippen LogP contribution in [0.2, 0.25) is 5.02 Å². The fourth-order valence-corrected chi connectivity index (χ4v) is 3.87. The van der Waals surface area contributed by atoms with E-state index in [4.69, 9.17) is 16.3 Å². The Morgan fingerprint density at radius 3 is 2.58 bits per heavy atom. The summed E-state index contributed by atoms with van der Waals surface area (Å²) in [4.78, 5) is 24.2. The monoisotopic (exact) mass is 404 g/mol. The van der Waals surface area contributed by atoms with Crippen molar-refractivity contribution in [3.63, 3.8) is 0 Å². The number of hydrogen-bond donors (Lipinski definition) is 0. The number of carbonyl (C=O) groups is 1. The molecule has 8 nitrogen and oxygen atoms in total. The van der Waals surface area contributed by atoms with Gasteiger partial charge in [0.05, 0.1) is 11.2 Å². The fourth-order valence-electron chi connectivity index (χ4n) is 2.70. The summed E-state index contributed by atoms with van der Waals surface area (Å²) in [6, 6.07) is -0.0511. The number of hydrogen-bond acceptors (Lipinski definition) is 7. The SMILES string of the molecule is CCC1CN(C(=O)OC(C)(C)C)CCN1c1ncc(Cl)c(S(C)(=O)=O)n1. The number of rotatable bonds is 3. The zero-order chi connectivity index (χ0) is 19.7. The molecule has 1 aliphatic rings. The summed E-state index contributed by atoms with van der Waals surface area (Å²) in [5.74, 6) is 0.297. The molecular weight excluding hydrogens is 380 g/mol. The Bertz CT molecular complexity index is 779.